The van der Waals surface area contributed by atoms with Crippen LogP contribution in [0, 0.1) is 11.8 Å². The number of carbonyl (C=O) groups excluding carboxylic acids is 3. The van der Waals surface area contributed by atoms with Crippen molar-refractivity contribution >= 4 is 52.2 Å². The van der Waals surface area contributed by atoms with Gasteiger partial charge in [-0.15, -0.1) is 22.7 Å². The molecule has 9 nitrogen and oxygen atoms in total. The van der Waals surface area contributed by atoms with Gasteiger partial charge in [0.15, 0.2) is 10.9 Å². The molecule has 2 saturated heterocycles. The normalized spacial score (nSPS) is 25.7. The molecule has 0 aromatic carbocycles. The summed E-state index contributed by atoms with van der Waals surface area (Å²) in [4.78, 5) is 44.8. The topological polar surface area (TPSA) is 137 Å². The number of quaternary nitrogens is 1. The van der Waals surface area contributed by atoms with Gasteiger partial charge in [-0.25, -0.2) is 4.98 Å². The van der Waals surface area contributed by atoms with E-state index in [0.29, 0.717) is 20.3 Å². The van der Waals surface area contributed by atoms with Crippen molar-refractivity contribution in [1.82, 2.24) is 9.88 Å². The van der Waals surface area contributed by atoms with Gasteiger partial charge in [-0.3, -0.25) is 9.59 Å². The summed E-state index contributed by atoms with van der Waals surface area (Å²) in [5.74, 6) is -2.89. The number of likely N-dealkylation sites (tertiary alicyclic amines) is 1. The van der Waals surface area contributed by atoms with Crippen molar-refractivity contribution < 1.29 is 29.1 Å². The largest absolute Gasteiger partial charge is 0.543 e. The fourth-order valence-corrected chi connectivity index (χ4v) is 9.06. The Morgan fingerprint density at radius 1 is 1.36 bits per heavy atom. The molecule has 2 aromatic rings. The van der Waals surface area contributed by atoms with Crippen LogP contribution in [0.4, 0.5) is 0 Å². The SMILES string of the molecule is C[C@@H](O)[C@H]1C(=O)N2C(C(=O)[O-])=C(Sc3nc(-c4ccc(C[N+]5(CC(N)=O)CCCC5)s4)cs3)[C@H](C)[C@H]12. The van der Waals surface area contributed by atoms with E-state index in [4.69, 9.17) is 10.7 Å². The quantitative estimate of drug-likeness (QED) is 0.357. The zero-order chi connectivity index (χ0) is 25.8. The number of rotatable bonds is 9. The molecule has 0 aliphatic carbocycles. The number of nitrogens with zero attached hydrogens (tertiary/aromatic N) is 3. The first kappa shape index (κ1) is 25.4. The Kier molecular flexibility index (Phi) is 6.75. The number of hydrogen-bond donors (Lipinski definition) is 2. The number of amides is 2. The van der Waals surface area contributed by atoms with Gasteiger partial charge in [-0.2, -0.15) is 0 Å². The van der Waals surface area contributed by atoms with Crippen LogP contribution in [-0.2, 0) is 20.9 Å². The Morgan fingerprint density at radius 2 is 2.08 bits per heavy atom. The van der Waals surface area contributed by atoms with Crippen LogP contribution in [0.3, 0.4) is 0 Å². The van der Waals surface area contributed by atoms with Crippen molar-refractivity contribution in [2.75, 3.05) is 19.6 Å². The molecular weight excluding hydrogens is 520 g/mol. The van der Waals surface area contributed by atoms with E-state index in [-0.39, 0.29) is 29.5 Å². The summed E-state index contributed by atoms with van der Waals surface area (Å²) in [7, 11) is 0. The van der Waals surface area contributed by atoms with E-state index in [1.165, 1.54) is 32.9 Å². The number of primary amides is 1. The molecule has 0 unspecified atom stereocenters. The highest BCUT2D eigenvalue weighted by Crippen LogP contribution is 2.52. The number of aliphatic hydroxyl groups excluding tert-OH is 1. The number of nitrogens with two attached hydrogens (primary N) is 1. The molecule has 0 saturated carbocycles. The van der Waals surface area contributed by atoms with E-state index >= 15 is 0 Å². The standard InChI is InChI=1S/C24H28N4O5S3/c1-12-19-18(13(2)29)22(31)27(19)20(23(32)33)21(12)36-24-26-15(11-34-24)16-6-5-14(35-16)9-28(10-17(25)30)7-3-4-8-28/h5-6,11-13,18-19,29H,3-4,7-10H2,1-2H3,(H2-,25,30,32,33)/t12-,13-,18-,19-/m1/s1. The van der Waals surface area contributed by atoms with Crippen LogP contribution in [0.2, 0.25) is 0 Å². The van der Waals surface area contributed by atoms with Crippen LogP contribution < -0.4 is 10.8 Å². The molecule has 12 heteroatoms. The highest BCUT2D eigenvalue weighted by molar-refractivity contribution is 8.04. The number of β-lactam (4-membered cyclic amide) rings is 1. The van der Waals surface area contributed by atoms with Gasteiger partial charge >= 0.3 is 0 Å². The number of aliphatic hydroxyl groups is 1. The fraction of sp³-hybridized carbons (Fsp3) is 0.500. The summed E-state index contributed by atoms with van der Waals surface area (Å²) in [6, 6.07) is 3.73. The van der Waals surface area contributed by atoms with Crippen molar-refractivity contribution in [3.05, 3.63) is 33.0 Å². The van der Waals surface area contributed by atoms with Crippen LogP contribution in [0.1, 0.15) is 31.6 Å². The van der Waals surface area contributed by atoms with Crippen molar-refractivity contribution in [1.29, 1.82) is 0 Å². The summed E-state index contributed by atoms with van der Waals surface area (Å²) in [5, 5.41) is 23.9. The zero-order valence-corrected chi connectivity index (χ0v) is 22.5. The van der Waals surface area contributed by atoms with Crippen LogP contribution in [0.5, 0.6) is 0 Å². The third kappa shape index (κ3) is 4.38. The van der Waals surface area contributed by atoms with E-state index in [1.54, 1.807) is 18.3 Å². The summed E-state index contributed by atoms with van der Waals surface area (Å²) in [5.41, 5.74) is 6.23. The Balaban J connectivity index is 1.34. The minimum absolute atomic E-state index is 0.108. The maximum atomic E-state index is 12.5. The average Bonchev–Trinajstić information content (AvgIpc) is 3.56. The van der Waals surface area contributed by atoms with Crippen molar-refractivity contribution in [2.45, 2.75) is 49.7 Å². The van der Waals surface area contributed by atoms with E-state index in [1.807, 2.05) is 18.4 Å². The number of aliphatic carboxylic acids is 1. The molecule has 36 heavy (non-hydrogen) atoms. The maximum Gasteiger partial charge on any atom is 0.272 e. The molecule has 2 fully saturated rings. The molecule has 3 aliphatic rings. The highest BCUT2D eigenvalue weighted by Gasteiger charge is 2.58. The number of thioether (sulfide) groups is 1. The van der Waals surface area contributed by atoms with E-state index in [0.717, 1.165) is 43.0 Å². The zero-order valence-electron chi connectivity index (χ0n) is 20.0. The van der Waals surface area contributed by atoms with Crippen molar-refractivity contribution in [3.63, 3.8) is 0 Å². The Labute approximate surface area is 221 Å². The molecular formula is C24H28N4O5S3. The minimum Gasteiger partial charge on any atom is -0.543 e. The van der Waals surface area contributed by atoms with Gasteiger partial charge < -0.3 is 30.1 Å². The second-order valence-corrected chi connectivity index (χ2v) is 13.2. The number of carboxylic acids is 1. The Morgan fingerprint density at radius 3 is 2.72 bits per heavy atom. The predicted octanol–water partition coefficient (Wildman–Crippen LogP) is 1.38. The summed E-state index contributed by atoms with van der Waals surface area (Å²) in [6.07, 6.45) is 1.35. The smallest absolute Gasteiger partial charge is 0.272 e. The lowest BCUT2D eigenvalue weighted by Gasteiger charge is -2.47. The molecule has 192 valence electrons. The Hall–Kier alpha value is -2.25. The van der Waals surface area contributed by atoms with Gasteiger partial charge in [-0.05, 0) is 19.1 Å². The molecule has 5 rings (SSSR count). The lowest BCUT2D eigenvalue weighted by molar-refractivity contribution is -0.921. The minimum atomic E-state index is -1.39. The molecule has 0 bridgehead atoms. The summed E-state index contributed by atoms with van der Waals surface area (Å²) in [6.45, 7) is 6.47. The number of hydrogen-bond acceptors (Lipinski definition) is 9. The number of fused-ring (bicyclic) bond motifs is 1. The highest BCUT2D eigenvalue weighted by atomic mass is 32.2. The number of carbonyl (C=O) groups is 3. The average molecular weight is 549 g/mol. The molecule has 0 spiro atoms. The molecule has 2 aromatic heterocycles. The van der Waals surface area contributed by atoms with Gasteiger partial charge in [0.25, 0.3) is 5.91 Å². The third-order valence-corrected chi connectivity index (χ3v) is 10.7. The lowest BCUT2D eigenvalue weighted by Crippen LogP contribution is -2.64. The third-order valence-electron chi connectivity index (χ3n) is 7.39. The van der Waals surface area contributed by atoms with Gasteiger partial charge in [-0.1, -0.05) is 18.7 Å². The molecule has 3 N–H and O–H groups in total. The molecule has 3 aliphatic heterocycles. The Bertz CT molecular complexity index is 1250. The van der Waals surface area contributed by atoms with Crippen molar-refractivity contribution in [3.8, 4) is 10.6 Å². The first-order valence-corrected chi connectivity index (χ1v) is 14.4. The second-order valence-electron chi connectivity index (χ2n) is 9.90. The van der Waals surface area contributed by atoms with Gasteiger partial charge in [0.2, 0.25) is 5.91 Å². The fourth-order valence-electron chi connectivity index (χ4n) is 5.80. The van der Waals surface area contributed by atoms with Gasteiger partial charge in [0.1, 0.15) is 6.54 Å². The predicted molar refractivity (Wildman–Crippen MR) is 135 cm³/mol. The maximum absolute atomic E-state index is 12.5. The summed E-state index contributed by atoms with van der Waals surface area (Å²) < 4.78 is 1.39. The van der Waals surface area contributed by atoms with E-state index in [9.17, 15) is 24.6 Å². The number of aromatic nitrogens is 1. The lowest BCUT2D eigenvalue weighted by atomic mass is 9.79. The van der Waals surface area contributed by atoms with E-state index < -0.39 is 18.0 Å². The molecule has 5 heterocycles. The first-order chi connectivity index (χ1) is 17.1. The van der Waals surface area contributed by atoms with Crippen molar-refractivity contribution in [2.24, 2.45) is 17.6 Å². The number of thiazole rings is 1. The first-order valence-electron chi connectivity index (χ1n) is 11.9. The summed E-state index contributed by atoms with van der Waals surface area (Å²) >= 11 is 4.32. The number of thiophene rings is 1. The van der Waals surface area contributed by atoms with Gasteiger partial charge in [0, 0.05) is 29.0 Å². The monoisotopic (exact) mass is 548 g/mol. The second kappa shape index (κ2) is 9.56. The van der Waals surface area contributed by atoms with Crippen LogP contribution in [0.15, 0.2) is 32.5 Å². The van der Waals surface area contributed by atoms with E-state index in [2.05, 4.69) is 6.07 Å². The molecule has 2 amide bonds. The number of carboxylic acid groups (broad SMARTS) is 1. The van der Waals surface area contributed by atoms with Crippen LogP contribution in [0.25, 0.3) is 10.6 Å². The van der Waals surface area contributed by atoms with Crippen LogP contribution >= 0.6 is 34.4 Å². The van der Waals surface area contributed by atoms with Crippen LogP contribution in [-0.4, -0.2) is 69.0 Å². The molecule has 4 atom stereocenters. The van der Waals surface area contributed by atoms with Gasteiger partial charge in [0.05, 0.1) is 58.3 Å². The molecule has 0 radical (unpaired) electrons.